The SMILES string of the molecule is C=C(CCC=C(C)C(O)CC=C(C)C)C(O)CCC(C)=CCO. The third-order valence-electron chi connectivity index (χ3n) is 3.93. The van der Waals surface area contributed by atoms with Crippen LogP contribution in [0.15, 0.2) is 47.1 Å². The van der Waals surface area contributed by atoms with Gasteiger partial charge in [-0.3, -0.25) is 0 Å². The Hall–Kier alpha value is -1.16. The molecule has 0 aliphatic carbocycles. The molecule has 0 rings (SSSR count). The molecule has 3 heteroatoms. The van der Waals surface area contributed by atoms with Crippen molar-refractivity contribution < 1.29 is 15.3 Å². The van der Waals surface area contributed by atoms with E-state index >= 15 is 0 Å². The van der Waals surface area contributed by atoms with Crippen LogP contribution in [0.2, 0.25) is 0 Å². The van der Waals surface area contributed by atoms with Crippen LogP contribution in [-0.4, -0.2) is 34.1 Å². The second-order valence-corrected chi connectivity index (χ2v) is 6.47. The molecule has 0 aromatic heterocycles. The van der Waals surface area contributed by atoms with E-state index < -0.39 is 12.2 Å². The maximum atomic E-state index is 10.1. The van der Waals surface area contributed by atoms with Crippen LogP contribution in [0.25, 0.3) is 0 Å². The summed E-state index contributed by atoms with van der Waals surface area (Å²) < 4.78 is 0. The van der Waals surface area contributed by atoms with E-state index in [0.29, 0.717) is 12.8 Å². The van der Waals surface area contributed by atoms with Gasteiger partial charge in [-0.1, -0.05) is 36.0 Å². The number of hydrogen-bond donors (Lipinski definition) is 3. The number of aliphatic hydroxyl groups excluding tert-OH is 3. The largest absolute Gasteiger partial charge is 0.392 e. The van der Waals surface area contributed by atoms with Gasteiger partial charge in [0.25, 0.3) is 0 Å². The van der Waals surface area contributed by atoms with E-state index in [9.17, 15) is 10.2 Å². The van der Waals surface area contributed by atoms with Gasteiger partial charge < -0.3 is 15.3 Å². The smallest absolute Gasteiger partial charge is 0.0781 e. The molecular weight excluding hydrogens is 288 g/mol. The zero-order valence-corrected chi connectivity index (χ0v) is 15.2. The lowest BCUT2D eigenvalue weighted by Crippen LogP contribution is -2.10. The fourth-order valence-corrected chi connectivity index (χ4v) is 2.15. The van der Waals surface area contributed by atoms with E-state index in [-0.39, 0.29) is 6.61 Å². The molecule has 0 amide bonds. The van der Waals surface area contributed by atoms with Crippen LogP contribution < -0.4 is 0 Å². The summed E-state index contributed by atoms with van der Waals surface area (Å²) in [7, 11) is 0. The first-order valence-electron chi connectivity index (χ1n) is 8.38. The molecule has 0 saturated heterocycles. The van der Waals surface area contributed by atoms with Gasteiger partial charge in [0.15, 0.2) is 0 Å². The van der Waals surface area contributed by atoms with Crippen molar-refractivity contribution in [3.05, 3.63) is 47.1 Å². The molecule has 2 atom stereocenters. The molecule has 0 fully saturated rings. The Bertz CT molecular complexity index is 440. The zero-order chi connectivity index (χ0) is 17.8. The molecule has 0 spiro atoms. The van der Waals surface area contributed by atoms with E-state index in [0.717, 1.165) is 36.0 Å². The lowest BCUT2D eigenvalue weighted by atomic mass is 9.98. The maximum Gasteiger partial charge on any atom is 0.0781 e. The first-order chi connectivity index (χ1) is 10.8. The minimum absolute atomic E-state index is 0.0437. The Balaban J connectivity index is 4.19. The molecule has 2 unspecified atom stereocenters. The standard InChI is InChI=1S/C20H34O3/c1-15(2)9-11-19(22)17(4)7-6-8-18(5)20(23)12-10-16(3)13-14-21/h7,9,13,19-23H,5-6,8,10-12,14H2,1-4H3. The van der Waals surface area contributed by atoms with Gasteiger partial charge in [0.05, 0.1) is 18.8 Å². The van der Waals surface area contributed by atoms with Crippen LogP contribution in [0.1, 0.15) is 59.8 Å². The van der Waals surface area contributed by atoms with Crippen molar-refractivity contribution >= 4 is 0 Å². The molecule has 0 aliphatic heterocycles. The predicted molar refractivity (Wildman–Crippen MR) is 98.3 cm³/mol. The molecule has 132 valence electrons. The second kappa shape index (κ2) is 12.3. The Morgan fingerprint density at radius 2 is 1.61 bits per heavy atom. The van der Waals surface area contributed by atoms with Crippen LogP contribution in [0.4, 0.5) is 0 Å². The zero-order valence-electron chi connectivity index (χ0n) is 15.2. The first kappa shape index (κ1) is 21.8. The average molecular weight is 322 g/mol. The van der Waals surface area contributed by atoms with Crippen LogP contribution in [0.5, 0.6) is 0 Å². The highest BCUT2D eigenvalue weighted by atomic mass is 16.3. The van der Waals surface area contributed by atoms with Gasteiger partial charge in [0.1, 0.15) is 0 Å². The minimum Gasteiger partial charge on any atom is -0.392 e. The normalized spacial score (nSPS) is 15.3. The van der Waals surface area contributed by atoms with Gasteiger partial charge in [-0.2, -0.15) is 0 Å². The van der Waals surface area contributed by atoms with Crippen molar-refractivity contribution in [3.8, 4) is 0 Å². The molecule has 0 saturated carbocycles. The highest BCUT2D eigenvalue weighted by Crippen LogP contribution is 2.17. The van der Waals surface area contributed by atoms with Crippen LogP contribution in [0, 0.1) is 0 Å². The molecule has 0 heterocycles. The third kappa shape index (κ3) is 11.1. The number of aliphatic hydroxyl groups is 3. The molecule has 0 aliphatic rings. The van der Waals surface area contributed by atoms with E-state index in [1.807, 2.05) is 39.8 Å². The van der Waals surface area contributed by atoms with Crippen molar-refractivity contribution in [2.24, 2.45) is 0 Å². The Morgan fingerprint density at radius 1 is 0.957 bits per heavy atom. The molecule has 0 radical (unpaired) electrons. The van der Waals surface area contributed by atoms with Crippen molar-refractivity contribution in [1.82, 2.24) is 0 Å². The fourth-order valence-electron chi connectivity index (χ4n) is 2.15. The molecule has 3 N–H and O–H groups in total. The Morgan fingerprint density at radius 3 is 2.17 bits per heavy atom. The molecule has 0 aromatic carbocycles. The van der Waals surface area contributed by atoms with Gasteiger partial charge in [-0.25, -0.2) is 0 Å². The monoisotopic (exact) mass is 322 g/mol. The Labute approximate surface area is 141 Å². The van der Waals surface area contributed by atoms with Crippen molar-refractivity contribution in [2.75, 3.05) is 6.61 Å². The quantitative estimate of drug-likeness (QED) is 0.503. The summed E-state index contributed by atoms with van der Waals surface area (Å²) in [4.78, 5) is 0. The highest BCUT2D eigenvalue weighted by Gasteiger charge is 2.09. The van der Waals surface area contributed by atoms with Crippen molar-refractivity contribution in [1.29, 1.82) is 0 Å². The van der Waals surface area contributed by atoms with E-state index in [1.54, 1.807) is 6.08 Å². The van der Waals surface area contributed by atoms with Crippen molar-refractivity contribution in [3.63, 3.8) is 0 Å². The number of hydrogen-bond acceptors (Lipinski definition) is 3. The lowest BCUT2D eigenvalue weighted by molar-refractivity contribution is 0.197. The van der Waals surface area contributed by atoms with E-state index in [2.05, 4.69) is 6.58 Å². The highest BCUT2D eigenvalue weighted by molar-refractivity contribution is 5.11. The van der Waals surface area contributed by atoms with Gasteiger partial charge in [-0.05, 0) is 70.9 Å². The lowest BCUT2D eigenvalue weighted by Gasteiger charge is -2.14. The van der Waals surface area contributed by atoms with Crippen LogP contribution >= 0.6 is 0 Å². The summed E-state index contributed by atoms with van der Waals surface area (Å²) in [6.07, 6.45) is 8.40. The van der Waals surface area contributed by atoms with Gasteiger partial charge in [0.2, 0.25) is 0 Å². The predicted octanol–water partition coefficient (Wildman–Crippen LogP) is 4.07. The summed E-state index contributed by atoms with van der Waals surface area (Å²) >= 11 is 0. The summed E-state index contributed by atoms with van der Waals surface area (Å²) in [5.74, 6) is 0. The summed E-state index contributed by atoms with van der Waals surface area (Å²) in [5.41, 5.74) is 4.08. The third-order valence-corrected chi connectivity index (χ3v) is 3.93. The van der Waals surface area contributed by atoms with Crippen LogP contribution in [-0.2, 0) is 0 Å². The van der Waals surface area contributed by atoms with Gasteiger partial charge >= 0.3 is 0 Å². The maximum absolute atomic E-state index is 10.1. The number of rotatable bonds is 11. The minimum atomic E-state index is -0.513. The van der Waals surface area contributed by atoms with Crippen molar-refractivity contribution in [2.45, 2.75) is 72.0 Å². The fraction of sp³-hybridized carbons (Fsp3) is 0.600. The number of allylic oxidation sites excluding steroid dienone is 3. The van der Waals surface area contributed by atoms with Gasteiger partial charge in [-0.15, -0.1) is 0 Å². The van der Waals surface area contributed by atoms with E-state index in [1.165, 1.54) is 5.57 Å². The summed E-state index contributed by atoms with van der Waals surface area (Å²) in [5, 5.41) is 28.9. The Kier molecular flexibility index (Phi) is 11.7. The summed E-state index contributed by atoms with van der Waals surface area (Å²) in [6, 6.07) is 0. The topological polar surface area (TPSA) is 60.7 Å². The first-order valence-corrected chi connectivity index (χ1v) is 8.38. The van der Waals surface area contributed by atoms with Gasteiger partial charge in [0, 0.05) is 0 Å². The molecule has 3 nitrogen and oxygen atoms in total. The molecular formula is C20H34O3. The molecule has 23 heavy (non-hydrogen) atoms. The average Bonchev–Trinajstić information content (AvgIpc) is 2.50. The van der Waals surface area contributed by atoms with Crippen LogP contribution in [0.3, 0.4) is 0 Å². The van der Waals surface area contributed by atoms with E-state index in [4.69, 9.17) is 5.11 Å². The summed E-state index contributed by atoms with van der Waals surface area (Å²) in [6.45, 7) is 11.9. The molecule has 0 bridgehead atoms. The second-order valence-electron chi connectivity index (χ2n) is 6.47. The molecule has 0 aromatic rings.